The van der Waals surface area contributed by atoms with Crippen LogP contribution in [0.25, 0.3) is 0 Å². The second-order valence-corrected chi connectivity index (χ2v) is 2.25. The van der Waals surface area contributed by atoms with E-state index in [-0.39, 0.29) is 0 Å². The Kier molecular flexibility index (Phi) is 2.17. The molecule has 3 nitrogen and oxygen atoms in total. The van der Waals surface area contributed by atoms with Gasteiger partial charge in [0.25, 0.3) is 0 Å². The molecule has 0 saturated carbocycles. The van der Waals surface area contributed by atoms with Crippen LogP contribution in [0.4, 0.5) is 0 Å². The van der Waals surface area contributed by atoms with E-state index in [2.05, 4.69) is 8.83 Å². The molecular formula is C6H7ClO3. The first kappa shape index (κ1) is 7.41. The van der Waals surface area contributed by atoms with E-state index in [0.717, 1.165) is 0 Å². The Balaban J connectivity index is 2.92. The van der Waals surface area contributed by atoms with Gasteiger partial charge in [-0.3, -0.25) is 0 Å². The van der Waals surface area contributed by atoms with E-state index in [1.54, 1.807) is 6.92 Å². The van der Waals surface area contributed by atoms with Crippen LogP contribution in [0.1, 0.15) is 11.5 Å². The third kappa shape index (κ3) is 1.42. The highest BCUT2D eigenvalue weighted by Gasteiger charge is 2.05. The summed E-state index contributed by atoms with van der Waals surface area (Å²) in [6, 6.07) is 0. The summed E-state index contributed by atoms with van der Waals surface area (Å²) in [7, 11) is 0. The van der Waals surface area contributed by atoms with E-state index < -0.39 is 5.82 Å². The molecule has 0 aliphatic heterocycles. The van der Waals surface area contributed by atoms with Gasteiger partial charge in [0.1, 0.15) is 5.76 Å². The predicted molar refractivity (Wildman–Crippen MR) is 36.4 cm³/mol. The maximum Gasteiger partial charge on any atom is 0.519 e. The lowest BCUT2D eigenvalue weighted by molar-refractivity contribution is 0.370. The second kappa shape index (κ2) is 2.92. The molecular weight excluding hydrogens is 156 g/mol. The van der Waals surface area contributed by atoms with E-state index in [4.69, 9.17) is 11.6 Å². The summed E-state index contributed by atoms with van der Waals surface area (Å²) in [5.41, 5.74) is 0. The van der Waals surface area contributed by atoms with E-state index in [9.17, 15) is 4.79 Å². The van der Waals surface area contributed by atoms with Crippen molar-refractivity contribution in [2.75, 3.05) is 5.88 Å². The molecule has 0 bridgehead atoms. The first-order valence-electron chi connectivity index (χ1n) is 2.89. The monoisotopic (exact) mass is 162 g/mol. The lowest BCUT2D eigenvalue weighted by Crippen LogP contribution is -1.87. The number of rotatable bonds is 2. The highest BCUT2D eigenvalue weighted by Crippen LogP contribution is 2.05. The van der Waals surface area contributed by atoms with Crippen LogP contribution in [0.15, 0.2) is 13.6 Å². The number of hydrogen-bond acceptors (Lipinski definition) is 3. The number of aryl methyl sites for hydroxylation is 2. The Morgan fingerprint density at radius 3 is 2.60 bits per heavy atom. The summed E-state index contributed by atoms with van der Waals surface area (Å²) in [6.07, 6.45) is 0.541. The molecule has 0 aliphatic rings. The fourth-order valence-corrected chi connectivity index (χ4v) is 0.860. The average Bonchev–Trinajstić information content (AvgIpc) is 2.13. The summed E-state index contributed by atoms with van der Waals surface area (Å²) in [4.78, 5) is 10.4. The van der Waals surface area contributed by atoms with Gasteiger partial charge in [-0.2, -0.15) is 0 Å². The molecule has 0 aromatic carbocycles. The molecule has 0 aliphatic carbocycles. The van der Waals surface area contributed by atoms with E-state index >= 15 is 0 Å². The van der Waals surface area contributed by atoms with Crippen LogP contribution in [0, 0.1) is 6.92 Å². The van der Waals surface area contributed by atoms with Gasteiger partial charge in [-0.25, -0.2) is 4.79 Å². The van der Waals surface area contributed by atoms with E-state index in [1.807, 2.05) is 0 Å². The minimum absolute atomic E-state index is 0.434. The topological polar surface area (TPSA) is 43.4 Å². The van der Waals surface area contributed by atoms with Gasteiger partial charge in [-0.05, 0) is 6.92 Å². The Hall–Kier alpha value is -0.700. The van der Waals surface area contributed by atoms with E-state index in [0.29, 0.717) is 23.8 Å². The van der Waals surface area contributed by atoms with Crippen molar-refractivity contribution in [3.8, 4) is 0 Å². The van der Waals surface area contributed by atoms with Gasteiger partial charge in [0.05, 0.1) is 0 Å². The van der Waals surface area contributed by atoms with Gasteiger partial charge in [-0.1, -0.05) is 0 Å². The Morgan fingerprint density at radius 1 is 1.50 bits per heavy atom. The van der Waals surface area contributed by atoms with Crippen molar-refractivity contribution in [1.82, 2.24) is 0 Å². The number of halogens is 1. The van der Waals surface area contributed by atoms with Gasteiger partial charge in [0.2, 0.25) is 0 Å². The van der Waals surface area contributed by atoms with Gasteiger partial charge in [0.15, 0.2) is 5.76 Å². The highest BCUT2D eigenvalue weighted by molar-refractivity contribution is 6.17. The summed E-state index contributed by atoms with van der Waals surface area (Å²) in [5.74, 6) is 0.840. The SMILES string of the molecule is Cc1oc(=O)oc1CCCl. The van der Waals surface area contributed by atoms with Crippen molar-refractivity contribution in [2.45, 2.75) is 13.3 Å². The Bertz CT molecular complexity index is 260. The Labute approximate surface area is 62.6 Å². The van der Waals surface area contributed by atoms with Crippen LogP contribution in [-0.4, -0.2) is 5.88 Å². The van der Waals surface area contributed by atoms with Crippen LogP contribution < -0.4 is 5.82 Å². The fraction of sp³-hybridized carbons (Fsp3) is 0.500. The van der Waals surface area contributed by atoms with Gasteiger partial charge in [-0.15, -0.1) is 11.6 Å². The molecule has 1 aromatic heterocycles. The smallest absolute Gasteiger partial charge is 0.396 e. The van der Waals surface area contributed by atoms with Crippen molar-refractivity contribution in [2.24, 2.45) is 0 Å². The first-order valence-corrected chi connectivity index (χ1v) is 3.43. The summed E-state index contributed by atoms with van der Waals surface area (Å²) in [5, 5.41) is 0. The van der Waals surface area contributed by atoms with Crippen molar-refractivity contribution >= 4 is 11.6 Å². The van der Waals surface area contributed by atoms with Gasteiger partial charge >= 0.3 is 5.82 Å². The minimum atomic E-state index is -0.655. The molecule has 0 spiro atoms. The highest BCUT2D eigenvalue weighted by atomic mass is 35.5. The van der Waals surface area contributed by atoms with E-state index in [1.165, 1.54) is 0 Å². The van der Waals surface area contributed by atoms with Crippen molar-refractivity contribution < 1.29 is 8.83 Å². The van der Waals surface area contributed by atoms with Crippen molar-refractivity contribution in [3.63, 3.8) is 0 Å². The quantitative estimate of drug-likeness (QED) is 0.616. The zero-order valence-corrected chi connectivity index (χ0v) is 6.27. The van der Waals surface area contributed by atoms with Crippen molar-refractivity contribution in [1.29, 1.82) is 0 Å². The molecule has 56 valence electrons. The lowest BCUT2D eigenvalue weighted by atomic mass is 10.3. The predicted octanol–water partition coefficient (Wildman–Crippen LogP) is 1.32. The molecule has 0 fully saturated rings. The summed E-state index contributed by atoms with van der Waals surface area (Å²) >= 11 is 5.41. The van der Waals surface area contributed by atoms with Crippen LogP contribution in [0.3, 0.4) is 0 Å². The standard InChI is InChI=1S/C6H7ClO3/c1-4-5(2-3-7)10-6(8)9-4/h2-3H2,1H3. The largest absolute Gasteiger partial charge is 0.519 e. The zero-order valence-electron chi connectivity index (χ0n) is 5.52. The normalized spacial score (nSPS) is 10.2. The maximum atomic E-state index is 10.4. The second-order valence-electron chi connectivity index (χ2n) is 1.87. The maximum absolute atomic E-state index is 10.4. The van der Waals surface area contributed by atoms with Crippen molar-refractivity contribution in [3.05, 3.63) is 22.1 Å². The molecule has 1 heterocycles. The molecule has 0 atom stereocenters. The van der Waals surface area contributed by atoms with Crippen LogP contribution in [0.2, 0.25) is 0 Å². The molecule has 0 radical (unpaired) electrons. The summed E-state index contributed by atoms with van der Waals surface area (Å²) < 4.78 is 9.23. The molecule has 0 amide bonds. The van der Waals surface area contributed by atoms with Gasteiger partial charge in [0, 0.05) is 12.3 Å². The molecule has 10 heavy (non-hydrogen) atoms. The molecule has 0 saturated heterocycles. The molecule has 1 aromatic rings. The third-order valence-electron chi connectivity index (χ3n) is 1.16. The fourth-order valence-electron chi connectivity index (χ4n) is 0.688. The van der Waals surface area contributed by atoms with Crippen LogP contribution in [0.5, 0.6) is 0 Å². The molecule has 1 rings (SSSR count). The average molecular weight is 163 g/mol. The molecule has 0 unspecified atom stereocenters. The summed E-state index contributed by atoms with van der Waals surface area (Å²) in [6.45, 7) is 1.67. The zero-order chi connectivity index (χ0) is 7.56. The van der Waals surface area contributed by atoms with Crippen LogP contribution >= 0.6 is 11.6 Å². The van der Waals surface area contributed by atoms with Crippen LogP contribution in [-0.2, 0) is 6.42 Å². The number of alkyl halides is 1. The Morgan fingerprint density at radius 2 is 2.20 bits per heavy atom. The van der Waals surface area contributed by atoms with Gasteiger partial charge < -0.3 is 8.83 Å². The minimum Gasteiger partial charge on any atom is -0.396 e. The third-order valence-corrected chi connectivity index (χ3v) is 1.35. The lowest BCUT2D eigenvalue weighted by Gasteiger charge is -1.86. The molecule has 4 heteroatoms. The molecule has 0 N–H and O–H groups in total. The number of hydrogen-bond donors (Lipinski definition) is 0. The first-order chi connectivity index (χ1) is 4.74.